The average Bonchev–Trinajstić information content (AvgIpc) is 2.45. The molecule has 0 aliphatic carbocycles. The zero-order valence-electron chi connectivity index (χ0n) is 12.7. The zero-order chi connectivity index (χ0) is 14.8. The van der Waals surface area contributed by atoms with Crippen molar-refractivity contribution in [2.45, 2.75) is 44.9 Å². The van der Waals surface area contributed by atoms with Gasteiger partial charge < -0.3 is 0 Å². The normalized spacial score (nSPS) is 11.7. The SMILES string of the molecule is CCc1c(CBr)cc(C(C)(C)C)cc1-c1ccccn1. The van der Waals surface area contributed by atoms with Crippen molar-refractivity contribution in [3.8, 4) is 11.3 Å². The molecule has 2 aromatic rings. The van der Waals surface area contributed by atoms with Gasteiger partial charge in [-0.1, -0.05) is 55.8 Å². The van der Waals surface area contributed by atoms with E-state index in [1.54, 1.807) is 0 Å². The molecule has 1 heterocycles. The van der Waals surface area contributed by atoms with Crippen LogP contribution >= 0.6 is 15.9 Å². The van der Waals surface area contributed by atoms with Gasteiger partial charge in [-0.25, -0.2) is 0 Å². The third-order valence-electron chi connectivity index (χ3n) is 3.65. The highest BCUT2D eigenvalue weighted by molar-refractivity contribution is 9.08. The van der Waals surface area contributed by atoms with E-state index < -0.39 is 0 Å². The molecule has 0 aliphatic rings. The van der Waals surface area contributed by atoms with Crippen molar-refractivity contribution in [3.05, 3.63) is 53.2 Å². The van der Waals surface area contributed by atoms with Gasteiger partial charge in [-0.2, -0.15) is 0 Å². The summed E-state index contributed by atoms with van der Waals surface area (Å²) in [7, 11) is 0. The lowest BCUT2D eigenvalue weighted by atomic mass is 9.82. The van der Waals surface area contributed by atoms with E-state index in [0.717, 1.165) is 17.4 Å². The fourth-order valence-electron chi connectivity index (χ4n) is 2.45. The molecule has 1 nitrogen and oxygen atoms in total. The summed E-state index contributed by atoms with van der Waals surface area (Å²) in [6.45, 7) is 8.99. The Hall–Kier alpha value is -1.15. The summed E-state index contributed by atoms with van der Waals surface area (Å²) in [5.74, 6) is 0. The molecule has 0 saturated heterocycles. The number of halogens is 1. The van der Waals surface area contributed by atoms with Gasteiger partial charge in [0, 0.05) is 17.1 Å². The van der Waals surface area contributed by atoms with Crippen LogP contribution in [0.5, 0.6) is 0 Å². The van der Waals surface area contributed by atoms with E-state index >= 15 is 0 Å². The lowest BCUT2D eigenvalue weighted by Crippen LogP contribution is -2.13. The van der Waals surface area contributed by atoms with Crippen molar-refractivity contribution in [3.63, 3.8) is 0 Å². The maximum atomic E-state index is 4.54. The van der Waals surface area contributed by atoms with Gasteiger partial charge in [0.15, 0.2) is 0 Å². The molecular weight excluding hydrogens is 310 g/mol. The van der Waals surface area contributed by atoms with Crippen LogP contribution in [0.3, 0.4) is 0 Å². The Morgan fingerprint density at radius 2 is 1.90 bits per heavy atom. The standard InChI is InChI=1S/C18H22BrN/c1-5-15-13(12-19)10-14(18(2,3)4)11-16(15)17-8-6-7-9-20-17/h6-11H,5,12H2,1-4H3. The molecular formula is C18H22BrN. The van der Waals surface area contributed by atoms with Crippen LogP contribution in [0.2, 0.25) is 0 Å². The van der Waals surface area contributed by atoms with E-state index in [4.69, 9.17) is 0 Å². The molecule has 20 heavy (non-hydrogen) atoms. The maximum Gasteiger partial charge on any atom is 0.0704 e. The first-order valence-corrected chi connectivity index (χ1v) is 8.23. The average molecular weight is 332 g/mol. The third kappa shape index (κ3) is 3.12. The van der Waals surface area contributed by atoms with Gasteiger partial charge in [-0.3, -0.25) is 4.98 Å². The quantitative estimate of drug-likeness (QED) is 0.676. The van der Waals surface area contributed by atoms with Crippen molar-refractivity contribution >= 4 is 15.9 Å². The molecule has 0 N–H and O–H groups in total. The fourth-order valence-corrected chi connectivity index (χ4v) is 2.95. The Balaban J connectivity index is 2.70. The second-order valence-corrected chi connectivity index (χ2v) is 6.67. The van der Waals surface area contributed by atoms with E-state index in [1.165, 1.54) is 22.3 Å². The van der Waals surface area contributed by atoms with Gasteiger partial charge in [0.1, 0.15) is 0 Å². The monoisotopic (exact) mass is 331 g/mol. The van der Waals surface area contributed by atoms with Crippen molar-refractivity contribution in [2.75, 3.05) is 0 Å². The number of aromatic nitrogens is 1. The highest BCUT2D eigenvalue weighted by Gasteiger charge is 2.19. The Bertz CT molecular complexity index is 582. The summed E-state index contributed by atoms with van der Waals surface area (Å²) < 4.78 is 0. The Morgan fingerprint density at radius 3 is 2.40 bits per heavy atom. The Morgan fingerprint density at radius 1 is 1.15 bits per heavy atom. The molecule has 0 spiro atoms. The summed E-state index contributed by atoms with van der Waals surface area (Å²) in [6.07, 6.45) is 2.89. The van der Waals surface area contributed by atoms with Gasteiger partial charge in [0.25, 0.3) is 0 Å². The van der Waals surface area contributed by atoms with Gasteiger partial charge in [-0.05, 0) is 46.7 Å². The van der Waals surface area contributed by atoms with Crippen LogP contribution in [0.15, 0.2) is 36.5 Å². The molecule has 0 fully saturated rings. The second-order valence-electron chi connectivity index (χ2n) is 6.11. The van der Waals surface area contributed by atoms with Crippen LogP contribution in [0.4, 0.5) is 0 Å². The largest absolute Gasteiger partial charge is 0.256 e. The Kier molecular flexibility index (Phi) is 4.64. The molecule has 0 atom stereocenters. The van der Waals surface area contributed by atoms with Crippen molar-refractivity contribution < 1.29 is 0 Å². The number of nitrogens with zero attached hydrogens (tertiary/aromatic N) is 1. The number of alkyl halides is 1. The van der Waals surface area contributed by atoms with Crippen molar-refractivity contribution in [1.82, 2.24) is 4.98 Å². The molecule has 0 amide bonds. The molecule has 0 saturated carbocycles. The van der Waals surface area contributed by atoms with Gasteiger partial charge in [0.05, 0.1) is 5.69 Å². The lowest BCUT2D eigenvalue weighted by molar-refractivity contribution is 0.589. The van der Waals surface area contributed by atoms with Crippen LogP contribution in [-0.4, -0.2) is 4.98 Å². The minimum absolute atomic E-state index is 0.146. The highest BCUT2D eigenvalue weighted by Crippen LogP contribution is 2.33. The van der Waals surface area contributed by atoms with Crippen LogP contribution < -0.4 is 0 Å². The van der Waals surface area contributed by atoms with Crippen LogP contribution in [0, 0.1) is 0 Å². The van der Waals surface area contributed by atoms with Crippen LogP contribution in [-0.2, 0) is 17.2 Å². The maximum absolute atomic E-state index is 4.54. The number of benzene rings is 1. The molecule has 2 heteroatoms. The fraction of sp³-hybridized carbons (Fsp3) is 0.389. The minimum atomic E-state index is 0.146. The predicted molar refractivity (Wildman–Crippen MR) is 90.4 cm³/mol. The van der Waals surface area contributed by atoms with Gasteiger partial charge >= 0.3 is 0 Å². The van der Waals surface area contributed by atoms with Crippen molar-refractivity contribution in [2.24, 2.45) is 0 Å². The highest BCUT2D eigenvalue weighted by atomic mass is 79.9. The number of rotatable bonds is 3. The van der Waals surface area contributed by atoms with Crippen LogP contribution in [0.1, 0.15) is 44.4 Å². The molecule has 0 bridgehead atoms. The smallest absolute Gasteiger partial charge is 0.0704 e. The minimum Gasteiger partial charge on any atom is -0.256 e. The summed E-state index contributed by atoms with van der Waals surface area (Å²) >= 11 is 3.64. The van der Waals surface area contributed by atoms with E-state index in [0.29, 0.717) is 0 Å². The van der Waals surface area contributed by atoms with E-state index in [1.807, 2.05) is 12.3 Å². The lowest BCUT2D eigenvalue weighted by Gasteiger charge is -2.23. The molecule has 0 aliphatic heterocycles. The summed E-state index contributed by atoms with van der Waals surface area (Å²) in [4.78, 5) is 4.54. The second kappa shape index (κ2) is 6.09. The summed E-state index contributed by atoms with van der Waals surface area (Å²) in [6, 6.07) is 10.8. The molecule has 0 radical (unpaired) electrons. The topological polar surface area (TPSA) is 12.9 Å². The molecule has 1 aromatic carbocycles. The van der Waals surface area contributed by atoms with E-state index in [-0.39, 0.29) is 5.41 Å². The number of pyridine rings is 1. The zero-order valence-corrected chi connectivity index (χ0v) is 14.3. The van der Waals surface area contributed by atoms with Crippen LogP contribution in [0.25, 0.3) is 11.3 Å². The van der Waals surface area contributed by atoms with E-state index in [9.17, 15) is 0 Å². The molecule has 106 valence electrons. The Labute approximate surface area is 130 Å². The summed E-state index contributed by atoms with van der Waals surface area (Å²) in [5.41, 5.74) is 6.62. The van der Waals surface area contributed by atoms with Crippen molar-refractivity contribution in [1.29, 1.82) is 0 Å². The van der Waals surface area contributed by atoms with E-state index in [2.05, 4.69) is 72.9 Å². The first kappa shape index (κ1) is 15.2. The number of hydrogen-bond acceptors (Lipinski definition) is 1. The number of hydrogen-bond donors (Lipinski definition) is 0. The molecule has 2 rings (SSSR count). The van der Waals surface area contributed by atoms with Gasteiger partial charge in [-0.15, -0.1) is 0 Å². The molecule has 1 aromatic heterocycles. The summed E-state index contributed by atoms with van der Waals surface area (Å²) in [5, 5.41) is 0.889. The molecule has 0 unspecified atom stereocenters. The third-order valence-corrected chi connectivity index (χ3v) is 4.25. The first-order valence-electron chi connectivity index (χ1n) is 7.11. The van der Waals surface area contributed by atoms with Gasteiger partial charge in [0.2, 0.25) is 0 Å². The predicted octanol–water partition coefficient (Wildman–Crippen LogP) is 5.50. The first-order chi connectivity index (χ1) is 9.47.